The van der Waals surface area contributed by atoms with E-state index in [4.69, 9.17) is 0 Å². The normalized spacial score (nSPS) is 23.6. The first-order valence-electron chi connectivity index (χ1n) is 10.4. The van der Waals surface area contributed by atoms with Crippen LogP contribution in [-0.4, -0.2) is 59.4 Å². The van der Waals surface area contributed by atoms with Crippen LogP contribution in [0.5, 0.6) is 0 Å². The highest BCUT2D eigenvalue weighted by molar-refractivity contribution is 5.75. The molecule has 3 atom stereocenters. The molecule has 0 bridgehead atoms. The van der Waals surface area contributed by atoms with Crippen LogP contribution < -0.4 is 5.43 Å². The Kier molecular flexibility index (Phi) is 5.40. The number of hydrogen-bond acceptors (Lipinski definition) is 3. The van der Waals surface area contributed by atoms with E-state index in [0.29, 0.717) is 19.0 Å². The molecule has 2 fully saturated rings. The number of likely N-dealkylation sites (tertiary alicyclic amines) is 2. The molecule has 0 unspecified atom stereocenters. The van der Waals surface area contributed by atoms with Gasteiger partial charge in [-0.05, 0) is 37.5 Å². The third-order valence-electron chi connectivity index (χ3n) is 6.55. The molecule has 6 nitrogen and oxygen atoms in total. The highest BCUT2D eigenvalue weighted by Crippen LogP contribution is 2.45. The average molecular weight is 413 g/mol. The maximum atomic E-state index is 14.0. The lowest BCUT2D eigenvalue weighted by Gasteiger charge is -2.32. The van der Waals surface area contributed by atoms with Gasteiger partial charge in [-0.15, -0.1) is 0 Å². The summed E-state index contributed by atoms with van der Waals surface area (Å²) in [5, 5.41) is 0. The lowest BCUT2D eigenvalue weighted by molar-refractivity contribution is 0.151. The number of urea groups is 1. The lowest BCUT2D eigenvalue weighted by atomic mass is 9.89. The lowest BCUT2D eigenvalue weighted by Crippen LogP contribution is -2.41. The second kappa shape index (κ2) is 7.87. The van der Waals surface area contributed by atoms with Crippen molar-refractivity contribution < 1.29 is 9.18 Å². The van der Waals surface area contributed by atoms with Crippen LogP contribution in [0.2, 0.25) is 0 Å². The molecular formula is C23H29FN4O2. The number of carbonyl (C=O) groups excluding carboxylic acids is 1. The molecule has 2 aliphatic heterocycles. The molecule has 30 heavy (non-hydrogen) atoms. The minimum Gasteiger partial charge on any atom is -0.363 e. The number of benzene rings is 1. The van der Waals surface area contributed by atoms with Gasteiger partial charge in [-0.25, -0.2) is 9.18 Å². The van der Waals surface area contributed by atoms with E-state index in [9.17, 15) is 14.0 Å². The number of amides is 2. The molecule has 2 aliphatic rings. The van der Waals surface area contributed by atoms with Gasteiger partial charge in [0, 0.05) is 69.2 Å². The van der Waals surface area contributed by atoms with Crippen molar-refractivity contribution in [2.24, 2.45) is 11.8 Å². The fourth-order valence-corrected chi connectivity index (χ4v) is 5.03. The van der Waals surface area contributed by atoms with Gasteiger partial charge in [-0.3, -0.25) is 9.69 Å². The Morgan fingerprint density at radius 1 is 1.23 bits per heavy atom. The summed E-state index contributed by atoms with van der Waals surface area (Å²) in [6.45, 7) is 6.66. The van der Waals surface area contributed by atoms with Crippen molar-refractivity contribution in [1.82, 2.24) is 19.7 Å². The van der Waals surface area contributed by atoms with E-state index in [0.717, 1.165) is 35.5 Å². The number of hydrogen-bond donors (Lipinski definition) is 1. The molecule has 4 rings (SSSR count). The fourth-order valence-electron chi connectivity index (χ4n) is 5.03. The average Bonchev–Trinajstić information content (AvgIpc) is 3.24. The Balaban J connectivity index is 1.59. The van der Waals surface area contributed by atoms with Gasteiger partial charge in [-0.1, -0.05) is 12.1 Å². The van der Waals surface area contributed by atoms with Gasteiger partial charge in [0.05, 0.1) is 6.04 Å². The quantitative estimate of drug-likeness (QED) is 0.843. The molecule has 0 spiro atoms. The molecule has 1 N–H and O–H groups in total. The van der Waals surface area contributed by atoms with Crippen molar-refractivity contribution in [1.29, 1.82) is 0 Å². The number of H-pyrrole nitrogens is 1. The molecule has 2 aromatic rings. The molecule has 1 aromatic heterocycles. The van der Waals surface area contributed by atoms with Gasteiger partial charge in [0.25, 0.3) is 0 Å². The number of aromatic amines is 1. The highest BCUT2D eigenvalue weighted by atomic mass is 19.1. The second-order valence-corrected chi connectivity index (χ2v) is 8.85. The molecule has 0 saturated carbocycles. The first-order chi connectivity index (χ1) is 14.3. The summed E-state index contributed by atoms with van der Waals surface area (Å²) in [4.78, 5) is 34.2. The Morgan fingerprint density at radius 2 is 2.00 bits per heavy atom. The first-order valence-corrected chi connectivity index (χ1v) is 10.4. The van der Waals surface area contributed by atoms with Crippen LogP contribution in [0.1, 0.15) is 28.4 Å². The summed E-state index contributed by atoms with van der Waals surface area (Å²) in [7, 11) is 3.50. The summed E-state index contributed by atoms with van der Waals surface area (Å²) >= 11 is 0. The van der Waals surface area contributed by atoms with Crippen molar-refractivity contribution in [2.45, 2.75) is 26.4 Å². The van der Waals surface area contributed by atoms with Crippen LogP contribution in [0.15, 0.2) is 35.3 Å². The zero-order valence-electron chi connectivity index (χ0n) is 18.0. The van der Waals surface area contributed by atoms with Gasteiger partial charge in [0.1, 0.15) is 5.82 Å². The van der Waals surface area contributed by atoms with E-state index in [1.807, 2.05) is 24.8 Å². The largest absolute Gasteiger partial charge is 0.363 e. The summed E-state index contributed by atoms with van der Waals surface area (Å²) in [5.41, 5.74) is 3.36. The second-order valence-electron chi connectivity index (χ2n) is 8.85. The molecule has 0 radical (unpaired) electrons. The van der Waals surface area contributed by atoms with Crippen molar-refractivity contribution >= 4 is 6.03 Å². The molecule has 2 saturated heterocycles. The van der Waals surface area contributed by atoms with Gasteiger partial charge in [0.15, 0.2) is 5.43 Å². The number of pyridine rings is 1. The minimum atomic E-state index is -0.282. The number of rotatable bonds is 3. The van der Waals surface area contributed by atoms with Crippen LogP contribution in [0, 0.1) is 31.5 Å². The van der Waals surface area contributed by atoms with Gasteiger partial charge < -0.3 is 14.8 Å². The minimum absolute atomic E-state index is 0.0380. The number of nitrogens with zero attached hydrogens (tertiary/aromatic N) is 3. The smallest absolute Gasteiger partial charge is 0.320 e. The maximum absolute atomic E-state index is 14.0. The van der Waals surface area contributed by atoms with Gasteiger partial charge in [-0.2, -0.15) is 0 Å². The summed E-state index contributed by atoms with van der Waals surface area (Å²) in [6, 6.07) is 6.42. The summed E-state index contributed by atoms with van der Waals surface area (Å²) in [6.07, 6.45) is 1.77. The van der Waals surface area contributed by atoms with E-state index in [1.165, 1.54) is 6.07 Å². The monoisotopic (exact) mass is 412 g/mol. The Hall–Kier alpha value is -2.67. The van der Waals surface area contributed by atoms with Gasteiger partial charge in [0.2, 0.25) is 0 Å². The maximum Gasteiger partial charge on any atom is 0.320 e. The van der Waals surface area contributed by atoms with Gasteiger partial charge >= 0.3 is 6.03 Å². The molecule has 160 valence electrons. The van der Waals surface area contributed by atoms with Crippen molar-refractivity contribution in [3.8, 4) is 0 Å². The van der Waals surface area contributed by atoms with E-state index >= 15 is 0 Å². The third-order valence-corrected chi connectivity index (χ3v) is 6.55. The molecule has 1 aromatic carbocycles. The van der Waals surface area contributed by atoms with Crippen LogP contribution >= 0.6 is 0 Å². The zero-order chi connectivity index (χ0) is 21.6. The summed E-state index contributed by atoms with van der Waals surface area (Å²) < 4.78 is 14.0. The van der Waals surface area contributed by atoms with Crippen LogP contribution in [0.25, 0.3) is 0 Å². The number of aromatic nitrogens is 1. The van der Waals surface area contributed by atoms with E-state index < -0.39 is 0 Å². The molecule has 7 heteroatoms. The standard InChI is InChI=1S/C23H29FN4O2/c1-14-9-25-20(15(2)22(14)29)13-27-10-17-11-28(23(30)26(3)4)21(19(17)12-27)16-6-5-7-18(24)8-16/h5-9,17,19,21H,10-13H2,1-4H3,(H,25,29)/t17-,19-,21+/m1/s1. The van der Waals surface area contributed by atoms with E-state index in [-0.39, 0.29) is 29.2 Å². The third kappa shape index (κ3) is 3.62. The predicted molar refractivity (Wildman–Crippen MR) is 114 cm³/mol. The van der Waals surface area contributed by atoms with Crippen molar-refractivity contribution in [2.75, 3.05) is 33.7 Å². The van der Waals surface area contributed by atoms with Crippen molar-refractivity contribution in [3.63, 3.8) is 0 Å². The van der Waals surface area contributed by atoms with Crippen LogP contribution in [0.4, 0.5) is 9.18 Å². The van der Waals surface area contributed by atoms with Crippen molar-refractivity contribution in [3.05, 3.63) is 68.9 Å². The Labute approximate surface area is 176 Å². The topological polar surface area (TPSA) is 59.7 Å². The number of aryl methyl sites for hydroxylation is 1. The summed E-state index contributed by atoms with van der Waals surface area (Å²) in [5.74, 6) is 0.267. The Morgan fingerprint density at radius 3 is 2.70 bits per heavy atom. The number of halogens is 1. The van der Waals surface area contributed by atoms with Crippen LogP contribution in [-0.2, 0) is 6.54 Å². The molecule has 0 aliphatic carbocycles. The predicted octanol–water partition coefficient (Wildman–Crippen LogP) is 2.92. The van der Waals surface area contributed by atoms with Crippen LogP contribution in [0.3, 0.4) is 0 Å². The Bertz CT molecular complexity index is 1020. The molecule has 2 amide bonds. The molecule has 3 heterocycles. The fraction of sp³-hybridized carbons (Fsp3) is 0.478. The number of fused-ring (bicyclic) bond motifs is 1. The zero-order valence-corrected chi connectivity index (χ0v) is 18.0. The SMILES string of the molecule is Cc1c[nH]c(CN2C[C@@H]3CN(C(=O)N(C)C)[C@@H](c4cccc(F)c4)[C@@H]3C2)c(C)c1=O. The molecular weight excluding hydrogens is 383 g/mol. The van der Waals surface area contributed by atoms with E-state index in [1.54, 1.807) is 37.3 Å². The number of carbonyl (C=O) groups is 1. The van der Waals surface area contributed by atoms with E-state index in [2.05, 4.69) is 9.88 Å². The highest BCUT2D eigenvalue weighted by Gasteiger charge is 2.49. The number of nitrogens with one attached hydrogen (secondary N) is 1. The first kappa shape index (κ1) is 20.6.